The van der Waals surface area contributed by atoms with E-state index < -0.39 is 47.4 Å². The molecule has 9 heteroatoms. The zero-order valence-corrected chi connectivity index (χ0v) is 14.8. The van der Waals surface area contributed by atoms with E-state index in [0.717, 1.165) is 12.1 Å². The lowest BCUT2D eigenvalue weighted by molar-refractivity contribution is -0.134. The second kappa shape index (κ2) is 7.34. The van der Waals surface area contributed by atoms with Gasteiger partial charge in [-0.15, -0.1) is 0 Å². The summed E-state index contributed by atoms with van der Waals surface area (Å²) in [5, 5.41) is 4.82. The van der Waals surface area contributed by atoms with E-state index in [4.69, 9.17) is 0 Å². The van der Waals surface area contributed by atoms with E-state index >= 15 is 0 Å². The molecule has 0 aliphatic carbocycles. The number of nitrogens with zero attached hydrogens (tertiary/aromatic N) is 1. The minimum absolute atomic E-state index is 0.0408. The average molecular weight is 391 g/mol. The Morgan fingerprint density at radius 3 is 2.46 bits per heavy atom. The van der Waals surface area contributed by atoms with Gasteiger partial charge >= 0.3 is 6.03 Å². The van der Waals surface area contributed by atoms with Gasteiger partial charge in [0.25, 0.3) is 5.91 Å². The van der Waals surface area contributed by atoms with Crippen molar-refractivity contribution in [3.8, 4) is 0 Å². The van der Waals surface area contributed by atoms with Crippen LogP contribution in [0, 0.1) is 17.5 Å². The van der Waals surface area contributed by atoms with Crippen molar-refractivity contribution in [3.63, 3.8) is 0 Å². The van der Waals surface area contributed by atoms with Crippen LogP contribution in [0.4, 0.5) is 18.0 Å². The number of carbonyl (C=O) groups is 3. The van der Waals surface area contributed by atoms with Crippen LogP contribution in [0.5, 0.6) is 0 Å². The van der Waals surface area contributed by atoms with E-state index in [1.54, 1.807) is 6.07 Å². The zero-order chi connectivity index (χ0) is 20.5. The molecular formula is C19H16F3N3O3. The van der Waals surface area contributed by atoms with Crippen molar-refractivity contribution >= 4 is 17.8 Å². The molecule has 146 valence electrons. The fraction of sp³-hybridized carbons (Fsp3) is 0.211. The molecule has 1 saturated heterocycles. The SMILES string of the molecule is CC1(c2ccc(F)c(F)c2)NC(=O)N(CC(=O)NCc2ccccc2F)C1=O. The van der Waals surface area contributed by atoms with Crippen molar-refractivity contribution in [2.45, 2.75) is 19.0 Å². The van der Waals surface area contributed by atoms with Crippen molar-refractivity contribution in [1.82, 2.24) is 15.5 Å². The predicted molar refractivity (Wildman–Crippen MR) is 92.2 cm³/mol. The zero-order valence-electron chi connectivity index (χ0n) is 14.8. The largest absolute Gasteiger partial charge is 0.350 e. The molecule has 6 nitrogen and oxygen atoms in total. The first kappa shape index (κ1) is 19.4. The molecule has 0 radical (unpaired) electrons. The highest BCUT2D eigenvalue weighted by molar-refractivity contribution is 6.09. The third-order valence-electron chi connectivity index (χ3n) is 4.51. The smallest absolute Gasteiger partial charge is 0.325 e. The maximum atomic E-state index is 13.6. The minimum atomic E-state index is -1.64. The highest BCUT2D eigenvalue weighted by Crippen LogP contribution is 2.29. The van der Waals surface area contributed by atoms with Gasteiger partial charge < -0.3 is 10.6 Å². The van der Waals surface area contributed by atoms with Crippen LogP contribution in [-0.4, -0.2) is 29.3 Å². The summed E-state index contributed by atoms with van der Waals surface area (Å²) in [6.45, 7) is 0.616. The molecule has 0 bridgehead atoms. The van der Waals surface area contributed by atoms with Crippen LogP contribution in [0.1, 0.15) is 18.1 Å². The topological polar surface area (TPSA) is 78.5 Å². The lowest BCUT2D eigenvalue weighted by Crippen LogP contribution is -2.43. The molecule has 2 aromatic rings. The van der Waals surface area contributed by atoms with Crippen LogP contribution in [0.15, 0.2) is 42.5 Å². The maximum absolute atomic E-state index is 13.6. The number of imide groups is 1. The Hall–Kier alpha value is -3.36. The van der Waals surface area contributed by atoms with Crippen molar-refractivity contribution < 1.29 is 27.6 Å². The normalized spacial score (nSPS) is 18.9. The van der Waals surface area contributed by atoms with Gasteiger partial charge in [-0.1, -0.05) is 24.3 Å². The number of nitrogens with one attached hydrogen (secondary N) is 2. The minimum Gasteiger partial charge on any atom is -0.350 e. The molecule has 28 heavy (non-hydrogen) atoms. The molecule has 1 aliphatic rings. The molecule has 0 spiro atoms. The Balaban J connectivity index is 1.70. The molecule has 1 unspecified atom stereocenters. The highest BCUT2D eigenvalue weighted by atomic mass is 19.2. The Labute approximate surface area is 158 Å². The van der Waals surface area contributed by atoms with E-state index in [0.29, 0.717) is 4.90 Å². The summed E-state index contributed by atoms with van der Waals surface area (Å²) in [6, 6.07) is 7.84. The van der Waals surface area contributed by atoms with Gasteiger partial charge in [0.05, 0.1) is 0 Å². The average Bonchev–Trinajstić information content (AvgIpc) is 2.87. The Kier molecular flexibility index (Phi) is 5.08. The monoisotopic (exact) mass is 391 g/mol. The van der Waals surface area contributed by atoms with Crippen LogP contribution in [0.2, 0.25) is 0 Å². The van der Waals surface area contributed by atoms with Crippen LogP contribution >= 0.6 is 0 Å². The van der Waals surface area contributed by atoms with Gasteiger partial charge in [-0.2, -0.15) is 0 Å². The highest BCUT2D eigenvalue weighted by Gasteiger charge is 2.49. The van der Waals surface area contributed by atoms with Crippen molar-refractivity contribution in [1.29, 1.82) is 0 Å². The number of rotatable bonds is 5. The summed E-state index contributed by atoms with van der Waals surface area (Å²) in [6.07, 6.45) is 0. The molecule has 2 N–H and O–H groups in total. The molecule has 1 fully saturated rings. The Morgan fingerprint density at radius 2 is 1.79 bits per heavy atom. The molecular weight excluding hydrogens is 375 g/mol. The number of halogens is 3. The number of carbonyl (C=O) groups excluding carboxylic acids is 3. The maximum Gasteiger partial charge on any atom is 0.325 e. The second-order valence-electron chi connectivity index (χ2n) is 6.44. The van der Waals surface area contributed by atoms with Gasteiger partial charge in [0.2, 0.25) is 5.91 Å². The standard InChI is InChI=1S/C19H16F3N3O3/c1-19(12-6-7-14(21)15(22)8-12)17(27)25(18(28)24-19)10-16(26)23-9-11-4-2-3-5-13(11)20/h2-8H,9-10H2,1H3,(H,23,26)(H,24,28). The van der Waals surface area contributed by atoms with Crippen LogP contribution in [0.3, 0.4) is 0 Å². The lowest BCUT2D eigenvalue weighted by atomic mass is 9.92. The van der Waals surface area contributed by atoms with E-state index in [-0.39, 0.29) is 17.7 Å². The second-order valence-corrected chi connectivity index (χ2v) is 6.44. The first-order chi connectivity index (χ1) is 13.2. The van der Waals surface area contributed by atoms with Crippen molar-refractivity contribution in [3.05, 3.63) is 71.0 Å². The van der Waals surface area contributed by atoms with Gasteiger partial charge in [-0.3, -0.25) is 14.5 Å². The van der Waals surface area contributed by atoms with Crippen molar-refractivity contribution in [2.24, 2.45) is 0 Å². The first-order valence-electron chi connectivity index (χ1n) is 8.32. The third-order valence-corrected chi connectivity index (χ3v) is 4.51. The molecule has 0 saturated carbocycles. The van der Waals surface area contributed by atoms with E-state index in [1.165, 1.54) is 31.2 Å². The number of hydrogen-bond acceptors (Lipinski definition) is 3. The van der Waals surface area contributed by atoms with E-state index in [9.17, 15) is 27.6 Å². The number of hydrogen-bond donors (Lipinski definition) is 2. The number of amides is 4. The Bertz CT molecular complexity index is 966. The predicted octanol–water partition coefficient (Wildman–Crippen LogP) is 2.19. The summed E-state index contributed by atoms with van der Waals surface area (Å²) in [5.74, 6) is -4.22. The van der Waals surface area contributed by atoms with E-state index in [2.05, 4.69) is 10.6 Å². The summed E-state index contributed by atoms with van der Waals surface area (Å²) in [5.41, 5.74) is -1.35. The van der Waals surface area contributed by atoms with Gasteiger partial charge in [0.1, 0.15) is 17.9 Å². The fourth-order valence-corrected chi connectivity index (χ4v) is 2.88. The van der Waals surface area contributed by atoms with Gasteiger partial charge in [-0.25, -0.2) is 18.0 Å². The van der Waals surface area contributed by atoms with Crippen LogP contribution in [0.25, 0.3) is 0 Å². The van der Waals surface area contributed by atoms with E-state index in [1.807, 2.05) is 0 Å². The molecule has 1 atom stereocenters. The summed E-state index contributed by atoms with van der Waals surface area (Å²) < 4.78 is 40.3. The summed E-state index contributed by atoms with van der Waals surface area (Å²) in [4.78, 5) is 37.6. The molecule has 3 rings (SSSR count). The quantitative estimate of drug-likeness (QED) is 0.767. The molecule has 4 amide bonds. The summed E-state index contributed by atoms with van der Waals surface area (Å²) >= 11 is 0. The molecule has 1 aliphatic heterocycles. The van der Waals surface area contributed by atoms with Crippen LogP contribution in [-0.2, 0) is 21.7 Å². The first-order valence-corrected chi connectivity index (χ1v) is 8.32. The van der Waals surface area contributed by atoms with Crippen LogP contribution < -0.4 is 10.6 Å². The van der Waals surface area contributed by atoms with Gasteiger partial charge in [0, 0.05) is 12.1 Å². The lowest BCUT2D eigenvalue weighted by Gasteiger charge is -2.22. The molecule has 1 heterocycles. The fourth-order valence-electron chi connectivity index (χ4n) is 2.88. The number of urea groups is 1. The van der Waals surface area contributed by atoms with Gasteiger partial charge in [-0.05, 0) is 30.7 Å². The molecule has 2 aromatic carbocycles. The number of benzene rings is 2. The Morgan fingerprint density at radius 1 is 1.07 bits per heavy atom. The molecule has 0 aromatic heterocycles. The van der Waals surface area contributed by atoms with Gasteiger partial charge in [0.15, 0.2) is 11.6 Å². The third kappa shape index (κ3) is 3.55. The summed E-state index contributed by atoms with van der Waals surface area (Å²) in [7, 11) is 0. The van der Waals surface area contributed by atoms with Crippen molar-refractivity contribution in [2.75, 3.05) is 6.54 Å².